The van der Waals surface area contributed by atoms with Crippen molar-refractivity contribution in [1.82, 2.24) is 4.90 Å². The zero-order chi connectivity index (χ0) is 20.7. The third-order valence-corrected chi connectivity index (χ3v) is 6.12. The van der Waals surface area contributed by atoms with Gasteiger partial charge in [0.1, 0.15) is 23.3 Å². The minimum atomic E-state index is -0.771. The number of rotatable bonds is 4. The highest BCUT2D eigenvalue weighted by Crippen LogP contribution is 2.41. The van der Waals surface area contributed by atoms with E-state index in [1.54, 1.807) is 25.1 Å². The van der Waals surface area contributed by atoms with Crippen molar-refractivity contribution in [3.63, 3.8) is 0 Å². The number of likely N-dealkylation sites (tertiary alicyclic amines) is 1. The van der Waals surface area contributed by atoms with E-state index in [1.165, 1.54) is 16.2 Å². The number of Topliss-reactive ketones (excluding diaryl/α,β-unsaturated/α-hetero) is 1. The lowest BCUT2D eigenvalue weighted by Gasteiger charge is -2.22. The molecule has 4 rings (SSSR count). The van der Waals surface area contributed by atoms with E-state index >= 15 is 0 Å². The van der Waals surface area contributed by atoms with Crippen LogP contribution in [0.2, 0.25) is 0 Å². The largest absolute Gasteiger partial charge is 0.507 e. The van der Waals surface area contributed by atoms with E-state index in [9.17, 15) is 14.7 Å². The van der Waals surface area contributed by atoms with Gasteiger partial charge in [0, 0.05) is 10.4 Å². The molecular weight excluding hydrogens is 386 g/mol. The summed E-state index contributed by atoms with van der Waals surface area (Å²) in [7, 11) is 0. The van der Waals surface area contributed by atoms with Crippen molar-refractivity contribution in [1.29, 1.82) is 0 Å². The molecule has 1 unspecified atom stereocenters. The predicted octanol–water partition coefficient (Wildman–Crippen LogP) is 4.89. The van der Waals surface area contributed by atoms with E-state index in [0.29, 0.717) is 17.1 Å². The number of aliphatic hydroxyl groups excluding tert-OH is 1. The van der Waals surface area contributed by atoms with E-state index in [-0.39, 0.29) is 17.9 Å². The van der Waals surface area contributed by atoms with Crippen molar-refractivity contribution >= 4 is 28.8 Å². The number of aliphatic hydroxyl groups is 1. The van der Waals surface area contributed by atoms with E-state index < -0.39 is 17.7 Å². The number of furan rings is 1. The predicted molar refractivity (Wildman–Crippen MR) is 112 cm³/mol. The van der Waals surface area contributed by atoms with Crippen molar-refractivity contribution in [3.05, 3.63) is 86.5 Å². The lowest BCUT2D eigenvalue weighted by Crippen LogP contribution is -2.28. The van der Waals surface area contributed by atoms with E-state index in [1.807, 2.05) is 43.5 Å². The second-order valence-electron chi connectivity index (χ2n) is 7.25. The molecule has 6 heteroatoms. The highest BCUT2D eigenvalue weighted by molar-refractivity contribution is 7.09. The van der Waals surface area contributed by atoms with Gasteiger partial charge >= 0.3 is 0 Å². The Kier molecular flexibility index (Phi) is 4.88. The number of hydrogen-bond acceptors (Lipinski definition) is 5. The first-order valence-corrected chi connectivity index (χ1v) is 10.2. The van der Waals surface area contributed by atoms with Crippen LogP contribution in [0.25, 0.3) is 5.76 Å². The number of nitrogens with zero attached hydrogens (tertiary/aromatic N) is 1. The SMILES string of the molecule is Cc1ccc(C2/C(=C(/O)c3ccc(C)c(C)c3)C(=O)C(=O)N2Cc2cccs2)o1. The minimum absolute atomic E-state index is 0.0594. The average Bonchev–Trinajstić information content (AvgIpc) is 3.41. The molecule has 1 aliphatic rings. The second kappa shape index (κ2) is 7.37. The summed E-state index contributed by atoms with van der Waals surface area (Å²) in [5.74, 6) is -0.380. The smallest absolute Gasteiger partial charge is 0.296 e. The molecule has 0 spiro atoms. The van der Waals surface area contributed by atoms with Gasteiger partial charge in [-0.2, -0.15) is 0 Å². The second-order valence-corrected chi connectivity index (χ2v) is 8.29. The van der Waals surface area contributed by atoms with Gasteiger partial charge in [0.15, 0.2) is 0 Å². The molecule has 0 saturated carbocycles. The Bertz CT molecular complexity index is 1120. The van der Waals surface area contributed by atoms with E-state index in [2.05, 4.69) is 0 Å². The third-order valence-electron chi connectivity index (χ3n) is 5.26. The van der Waals surface area contributed by atoms with Crippen molar-refractivity contribution in [3.8, 4) is 0 Å². The molecule has 29 heavy (non-hydrogen) atoms. The van der Waals surface area contributed by atoms with E-state index in [4.69, 9.17) is 4.42 Å². The maximum Gasteiger partial charge on any atom is 0.296 e. The van der Waals surface area contributed by atoms with Gasteiger partial charge in [-0.15, -0.1) is 11.3 Å². The van der Waals surface area contributed by atoms with Crippen molar-refractivity contribution in [2.24, 2.45) is 0 Å². The summed E-state index contributed by atoms with van der Waals surface area (Å²) < 4.78 is 5.78. The summed E-state index contributed by atoms with van der Waals surface area (Å²) >= 11 is 1.51. The minimum Gasteiger partial charge on any atom is -0.507 e. The monoisotopic (exact) mass is 407 g/mol. The molecule has 5 nitrogen and oxygen atoms in total. The van der Waals surface area contributed by atoms with E-state index in [0.717, 1.165) is 16.0 Å². The molecule has 1 N–H and O–H groups in total. The fourth-order valence-electron chi connectivity index (χ4n) is 3.55. The fourth-order valence-corrected chi connectivity index (χ4v) is 4.26. The first kappa shape index (κ1) is 19.2. The van der Waals surface area contributed by atoms with Gasteiger partial charge in [-0.3, -0.25) is 9.59 Å². The van der Waals surface area contributed by atoms with Gasteiger partial charge in [0.05, 0.1) is 12.1 Å². The number of thiophene rings is 1. The quantitative estimate of drug-likeness (QED) is 0.380. The highest BCUT2D eigenvalue weighted by atomic mass is 32.1. The summed E-state index contributed by atoms with van der Waals surface area (Å²) in [6.45, 7) is 5.99. The van der Waals surface area contributed by atoms with Gasteiger partial charge < -0.3 is 14.4 Å². The Labute approximate surface area is 172 Å². The van der Waals surface area contributed by atoms with Crippen LogP contribution >= 0.6 is 11.3 Å². The Hall–Kier alpha value is -3.12. The molecule has 0 bridgehead atoms. The van der Waals surface area contributed by atoms with Crippen LogP contribution in [0.3, 0.4) is 0 Å². The number of hydrogen-bond donors (Lipinski definition) is 1. The van der Waals surface area contributed by atoms with Crippen molar-refractivity contribution in [2.45, 2.75) is 33.4 Å². The van der Waals surface area contributed by atoms with Crippen LogP contribution in [0.4, 0.5) is 0 Å². The summed E-state index contributed by atoms with van der Waals surface area (Å²) in [6.07, 6.45) is 0. The first-order chi connectivity index (χ1) is 13.9. The van der Waals surface area contributed by atoms with Gasteiger partial charge in [-0.25, -0.2) is 0 Å². The normalized spacial score (nSPS) is 18.6. The Balaban J connectivity index is 1.87. The number of ketones is 1. The number of aryl methyl sites for hydroxylation is 3. The molecule has 2 aromatic heterocycles. The summed E-state index contributed by atoms with van der Waals surface area (Å²) in [6, 6.07) is 12.1. The Morgan fingerprint density at radius 2 is 1.90 bits per heavy atom. The average molecular weight is 407 g/mol. The maximum absolute atomic E-state index is 13.0. The highest BCUT2D eigenvalue weighted by Gasteiger charge is 2.47. The maximum atomic E-state index is 13.0. The zero-order valence-corrected chi connectivity index (χ0v) is 17.2. The van der Waals surface area contributed by atoms with Crippen LogP contribution < -0.4 is 0 Å². The molecule has 1 saturated heterocycles. The van der Waals surface area contributed by atoms with Gasteiger partial charge in [0.25, 0.3) is 11.7 Å². The zero-order valence-electron chi connectivity index (χ0n) is 16.4. The number of amides is 1. The van der Waals surface area contributed by atoms with Gasteiger partial charge in [-0.1, -0.05) is 18.2 Å². The van der Waals surface area contributed by atoms with Gasteiger partial charge in [0.2, 0.25) is 0 Å². The molecule has 1 fully saturated rings. The Morgan fingerprint density at radius 1 is 1.10 bits per heavy atom. The molecule has 3 heterocycles. The van der Waals surface area contributed by atoms with Crippen LogP contribution in [-0.2, 0) is 16.1 Å². The standard InChI is InChI=1S/C23H21NO4S/c1-13-6-8-16(11-14(13)2)21(25)19-20(18-9-7-15(3)28-18)24(23(27)22(19)26)12-17-5-4-10-29-17/h4-11,20,25H,12H2,1-3H3/b21-19-. The molecule has 1 aromatic carbocycles. The number of carbonyl (C=O) groups is 2. The molecule has 148 valence electrons. The molecule has 0 radical (unpaired) electrons. The third kappa shape index (κ3) is 3.40. The van der Waals surface area contributed by atoms with Crippen molar-refractivity contribution in [2.75, 3.05) is 0 Å². The van der Waals surface area contributed by atoms with Crippen LogP contribution in [0.1, 0.15) is 39.1 Å². The molecule has 1 amide bonds. The fraction of sp³-hybridized carbons (Fsp3) is 0.217. The summed E-state index contributed by atoms with van der Waals surface area (Å²) in [5, 5.41) is 13.0. The molecule has 0 aliphatic carbocycles. The lowest BCUT2D eigenvalue weighted by atomic mass is 9.97. The first-order valence-electron chi connectivity index (χ1n) is 9.31. The lowest BCUT2D eigenvalue weighted by molar-refractivity contribution is -0.140. The molecule has 1 atom stereocenters. The van der Waals surface area contributed by atoms with Gasteiger partial charge in [-0.05, 0) is 61.5 Å². The van der Waals surface area contributed by atoms with Crippen LogP contribution in [-0.4, -0.2) is 21.7 Å². The van der Waals surface area contributed by atoms with Crippen LogP contribution in [0.15, 0.2) is 57.8 Å². The van der Waals surface area contributed by atoms with Crippen LogP contribution in [0, 0.1) is 20.8 Å². The molecular formula is C23H21NO4S. The topological polar surface area (TPSA) is 70.8 Å². The molecule has 3 aromatic rings. The Morgan fingerprint density at radius 3 is 2.52 bits per heavy atom. The number of benzene rings is 1. The number of carbonyl (C=O) groups excluding carboxylic acids is 2. The molecule has 1 aliphatic heterocycles. The van der Waals surface area contributed by atoms with Crippen molar-refractivity contribution < 1.29 is 19.1 Å². The van der Waals surface area contributed by atoms with Crippen LogP contribution in [0.5, 0.6) is 0 Å². The summed E-state index contributed by atoms with van der Waals surface area (Å²) in [4.78, 5) is 28.3. The summed E-state index contributed by atoms with van der Waals surface area (Å²) in [5.41, 5.74) is 2.64.